The van der Waals surface area contributed by atoms with Crippen LogP contribution in [0.4, 0.5) is 0 Å². The third-order valence-electron chi connectivity index (χ3n) is 5.33. The van der Waals surface area contributed by atoms with E-state index in [0.29, 0.717) is 24.5 Å². The zero-order valence-corrected chi connectivity index (χ0v) is 20.8. The summed E-state index contributed by atoms with van der Waals surface area (Å²) >= 11 is 2.27. The number of nitrogens with zero attached hydrogens (tertiary/aromatic N) is 1. The monoisotopic (exact) mass is 545 g/mol. The maximum absolute atomic E-state index is 9.86. The van der Waals surface area contributed by atoms with E-state index in [2.05, 4.69) is 78.0 Å². The highest BCUT2D eigenvalue weighted by molar-refractivity contribution is 14.1. The van der Waals surface area contributed by atoms with E-state index in [1.54, 1.807) is 0 Å². The number of allylic oxidation sites excluding steroid dienone is 1. The minimum Gasteiger partial charge on any atom is -0.490 e. The molecule has 0 fully saturated rings. The molecular formula is C29H24INO2. The van der Waals surface area contributed by atoms with Gasteiger partial charge in [0, 0.05) is 0 Å². The van der Waals surface area contributed by atoms with Crippen molar-refractivity contribution in [2.24, 2.45) is 0 Å². The number of hydrogen-bond donors (Lipinski definition) is 0. The molecule has 0 N–H and O–H groups in total. The molecule has 0 bridgehead atoms. The Balaban J connectivity index is 1.65. The molecule has 4 aromatic carbocycles. The second-order valence-electron chi connectivity index (χ2n) is 7.77. The summed E-state index contributed by atoms with van der Waals surface area (Å²) < 4.78 is 13.0. The Kier molecular flexibility index (Phi) is 7.31. The second kappa shape index (κ2) is 10.5. The molecule has 0 amide bonds. The van der Waals surface area contributed by atoms with Crippen LogP contribution in [-0.4, -0.2) is 6.61 Å². The van der Waals surface area contributed by atoms with Crippen molar-refractivity contribution in [1.82, 2.24) is 0 Å². The van der Waals surface area contributed by atoms with Gasteiger partial charge >= 0.3 is 0 Å². The van der Waals surface area contributed by atoms with E-state index in [1.807, 2.05) is 49.4 Å². The number of nitriles is 1. The van der Waals surface area contributed by atoms with Gasteiger partial charge in [0.15, 0.2) is 11.5 Å². The third kappa shape index (κ3) is 5.55. The van der Waals surface area contributed by atoms with E-state index in [-0.39, 0.29) is 0 Å². The summed E-state index contributed by atoms with van der Waals surface area (Å²) in [6.45, 7) is 5.02. The molecule has 33 heavy (non-hydrogen) atoms. The largest absolute Gasteiger partial charge is 0.490 e. The standard InChI is InChI=1S/C29H24INO2/c1-3-32-28-16-22(15-27(30)29(28)33-19-21-10-8-20(2)9-11-21)14-26(18-31)25-13-12-23-6-4-5-7-24(23)17-25/h4-17H,3,19H2,1-2H3/b26-14-. The average molecular weight is 545 g/mol. The lowest BCUT2D eigenvalue weighted by molar-refractivity contribution is 0.267. The molecule has 0 aliphatic carbocycles. The zero-order chi connectivity index (χ0) is 23.2. The molecular weight excluding hydrogens is 521 g/mol. The van der Waals surface area contributed by atoms with Crippen LogP contribution >= 0.6 is 22.6 Å². The first kappa shape index (κ1) is 22.9. The van der Waals surface area contributed by atoms with Gasteiger partial charge in [-0.05, 0) is 88.2 Å². The van der Waals surface area contributed by atoms with E-state index in [4.69, 9.17) is 9.47 Å². The van der Waals surface area contributed by atoms with Crippen molar-refractivity contribution in [1.29, 1.82) is 5.26 Å². The second-order valence-corrected chi connectivity index (χ2v) is 8.93. The summed E-state index contributed by atoms with van der Waals surface area (Å²) in [5, 5.41) is 12.1. The van der Waals surface area contributed by atoms with E-state index < -0.39 is 0 Å². The smallest absolute Gasteiger partial charge is 0.175 e. The summed E-state index contributed by atoms with van der Waals surface area (Å²) in [5.74, 6) is 1.40. The molecule has 0 saturated heterocycles. The molecule has 4 aromatic rings. The maximum atomic E-state index is 9.86. The number of hydrogen-bond acceptors (Lipinski definition) is 3. The van der Waals surface area contributed by atoms with Crippen LogP contribution in [0.1, 0.15) is 29.2 Å². The van der Waals surface area contributed by atoms with Gasteiger partial charge in [0.1, 0.15) is 6.61 Å². The molecule has 0 heterocycles. The maximum Gasteiger partial charge on any atom is 0.175 e. The Bertz CT molecular complexity index is 1350. The van der Waals surface area contributed by atoms with Crippen LogP contribution in [0, 0.1) is 21.8 Å². The van der Waals surface area contributed by atoms with Crippen LogP contribution < -0.4 is 9.47 Å². The SMILES string of the molecule is CCOc1cc(/C=C(/C#N)c2ccc3ccccc3c2)cc(I)c1OCc1ccc(C)cc1. The van der Waals surface area contributed by atoms with Gasteiger partial charge in [-0.15, -0.1) is 0 Å². The van der Waals surface area contributed by atoms with Crippen LogP contribution in [0.5, 0.6) is 11.5 Å². The highest BCUT2D eigenvalue weighted by Crippen LogP contribution is 2.36. The van der Waals surface area contributed by atoms with Crippen molar-refractivity contribution in [3.63, 3.8) is 0 Å². The van der Waals surface area contributed by atoms with Crippen molar-refractivity contribution >= 4 is 45.0 Å². The first-order valence-electron chi connectivity index (χ1n) is 10.8. The summed E-state index contributed by atoms with van der Waals surface area (Å²) in [4.78, 5) is 0. The van der Waals surface area contributed by atoms with Crippen molar-refractivity contribution in [2.45, 2.75) is 20.5 Å². The summed E-state index contributed by atoms with van der Waals surface area (Å²) in [6, 6.07) is 28.9. The van der Waals surface area contributed by atoms with Gasteiger partial charge in [-0.3, -0.25) is 0 Å². The molecule has 0 spiro atoms. The minimum absolute atomic E-state index is 0.464. The van der Waals surface area contributed by atoms with Crippen molar-refractivity contribution in [3.05, 3.63) is 105 Å². The topological polar surface area (TPSA) is 42.2 Å². The Morgan fingerprint density at radius 1 is 0.939 bits per heavy atom. The number of aryl methyl sites for hydroxylation is 1. The molecule has 3 nitrogen and oxygen atoms in total. The van der Waals surface area contributed by atoms with Crippen LogP contribution in [0.3, 0.4) is 0 Å². The highest BCUT2D eigenvalue weighted by atomic mass is 127. The van der Waals surface area contributed by atoms with Gasteiger partial charge in [0.2, 0.25) is 0 Å². The first-order valence-corrected chi connectivity index (χ1v) is 11.9. The predicted octanol–water partition coefficient (Wildman–Crippen LogP) is 7.79. The molecule has 0 aliphatic heterocycles. The highest BCUT2D eigenvalue weighted by Gasteiger charge is 2.13. The Morgan fingerprint density at radius 2 is 1.70 bits per heavy atom. The summed E-state index contributed by atoms with van der Waals surface area (Å²) in [7, 11) is 0. The molecule has 164 valence electrons. The molecule has 0 aromatic heterocycles. The molecule has 0 unspecified atom stereocenters. The molecule has 0 radical (unpaired) electrons. The average Bonchev–Trinajstić information content (AvgIpc) is 2.83. The van der Waals surface area contributed by atoms with Gasteiger partial charge in [0.05, 0.1) is 21.8 Å². The summed E-state index contributed by atoms with van der Waals surface area (Å²) in [6.07, 6.45) is 1.90. The number of fused-ring (bicyclic) bond motifs is 1. The lowest BCUT2D eigenvalue weighted by Crippen LogP contribution is -2.02. The van der Waals surface area contributed by atoms with E-state index in [0.717, 1.165) is 36.8 Å². The van der Waals surface area contributed by atoms with Crippen molar-refractivity contribution in [3.8, 4) is 17.6 Å². The van der Waals surface area contributed by atoms with Crippen LogP contribution in [0.25, 0.3) is 22.4 Å². The van der Waals surface area contributed by atoms with Crippen LogP contribution in [0.2, 0.25) is 0 Å². The predicted molar refractivity (Wildman–Crippen MR) is 143 cm³/mol. The fourth-order valence-corrected chi connectivity index (χ4v) is 4.40. The number of ether oxygens (including phenoxy) is 2. The molecule has 0 atom stereocenters. The third-order valence-corrected chi connectivity index (χ3v) is 6.13. The lowest BCUT2D eigenvalue weighted by Gasteiger charge is -2.15. The summed E-state index contributed by atoms with van der Waals surface area (Å²) in [5.41, 5.74) is 4.72. The van der Waals surface area contributed by atoms with E-state index >= 15 is 0 Å². The quantitative estimate of drug-likeness (QED) is 0.135. The fraction of sp³-hybridized carbons (Fsp3) is 0.138. The van der Waals surface area contributed by atoms with Crippen LogP contribution in [-0.2, 0) is 6.61 Å². The van der Waals surface area contributed by atoms with Gasteiger partial charge in [-0.25, -0.2) is 0 Å². The van der Waals surface area contributed by atoms with Crippen molar-refractivity contribution < 1.29 is 9.47 Å². The zero-order valence-electron chi connectivity index (χ0n) is 18.6. The van der Waals surface area contributed by atoms with Crippen molar-refractivity contribution in [2.75, 3.05) is 6.61 Å². The lowest BCUT2D eigenvalue weighted by atomic mass is 10.00. The number of rotatable bonds is 7. The minimum atomic E-state index is 0.464. The van der Waals surface area contributed by atoms with Gasteiger partial charge in [-0.2, -0.15) is 5.26 Å². The van der Waals surface area contributed by atoms with Gasteiger partial charge < -0.3 is 9.47 Å². The Labute approximate surface area is 208 Å². The fourth-order valence-electron chi connectivity index (χ4n) is 3.62. The number of halogens is 1. The Hall–Kier alpha value is -3.30. The molecule has 4 rings (SSSR count). The molecule has 4 heteroatoms. The first-order chi connectivity index (χ1) is 16.1. The van der Waals surface area contributed by atoms with E-state index in [9.17, 15) is 5.26 Å². The van der Waals surface area contributed by atoms with E-state index in [1.165, 1.54) is 5.56 Å². The molecule has 0 aliphatic rings. The van der Waals surface area contributed by atoms with Crippen LogP contribution in [0.15, 0.2) is 78.9 Å². The molecule has 0 saturated carbocycles. The Morgan fingerprint density at radius 3 is 2.42 bits per heavy atom. The van der Waals surface area contributed by atoms with Gasteiger partial charge in [-0.1, -0.05) is 66.2 Å². The normalized spacial score (nSPS) is 11.3. The number of benzene rings is 4. The van der Waals surface area contributed by atoms with Gasteiger partial charge in [0.25, 0.3) is 0 Å².